The van der Waals surface area contributed by atoms with Crippen LogP contribution in [0, 0.1) is 0 Å². The van der Waals surface area contributed by atoms with Crippen molar-refractivity contribution in [2.24, 2.45) is 0 Å². The Morgan fingerprint density at radius 3 is 2.56 bits per heavy atom. The van der Waals surface area contributed by atoms with E-state index in [2.05, 4.69) is 22.2 Å². The van der Waals surface area contributed by atoms with Crippen LogP contribution in [0.3, 0.4) is 0 Å². The lowest BCUT2D eigenvalue weighted by molar-refractivity contribution is -0.130. The predicted octanol–water partition coefficient (Wildman–Crippen LogP) is -0.556. The molecular weight excluding hydrogens is 228 g/mol. The molecule has 18 heavy (non-hydrogen) atoms. The van der Waals surface area contributed by atoms with Gasteiger partial charge in [0.15, 0.2) is 0 Å². The summed E-state index contributed by atoms with van der Waals surface area (Å²) in [5, 5.41) is 3.46. The molecule has 1 atom stereocenters. The molecule has 5 heteroatoms. The molecule has 0 aromatic carbocycles. The standard InChI is InChI=1S/C13H26N4O/c1-12(18)17-9-7-16(8-10-17)5-3-13-11-14-4-6-15(13)2/h13-14H,3-11H2,1-2H3. The topological polar surface area (TPSA) is 38.8 Å². The predicted molar refractivity (Wildman–Crippen MR) is 72.6 cm³/mol. The van der Waals surface area contributed by atoms with Gasteiger partial charge in [0, 0.05) is 58.8 Å². The van der Waals surface area contributed by atoms with Crippen LogP contribution in [-0.2, 0) is 4.79 Å². The van der Waals surface area contributed by atoms with Crippen molar-refractivity contribution in [3.8, 4) is 0 Å². The van der Waals surface area contributed by atoms with Gasteiger partial charge in [-0.15, -0.1) is 0 Å². The van der Waals surface area contributed by atoms with Crippen LogP contribution in [-0.4, -0.2) is 86.1 Å². The van der Waals surface area contributed by atoms with Crippen molar-refractivity contribution in [3.05, 3.63) is 0 Å². The molecule has 0 aliphatic carbocycles. The summed E-state index contributed by atoms with van der Waals surface area (Å²) in [6.45, 7) is 10.1. The van der Waals surface area contributed by atoms with Crippen LogP contribution in [0.15, 0.2) is 0 Å². The molecule has 0 bridgehead atoms. The number of piperazine rings is 2. The molecule has 1 N–H and O–H groups in total. The number of hydrogen-bond donors (Lipinski definition) is 1. The van der Waals surface area contributed by atoms with E-state index >= 15 is 0 Å². The molecule has 5 nitrogen and oxygen atoms in total. The zero-order valence-electron chi connectivity index (χ0n) is 11.7. The maximum absolute atomic E-state index is 11.2. The van der Waals surface area contributed by atoms with E-state index in [9.17, 15) is 4.79 Å². The minimum absolute atomic E-state index is 0.214. The van der Waals surface area contributed by atoms with Gasteiger partial charge in [-0.3, -0.25) is 9.69 Å². The number of carbonyl (C=O) groups is 1. The number of nitrogens with zero attached hydrogens (tertiary/aromatic N) is 3. The minimum atomic E-state index is 0.214. The highest BCUT2D eigenvalue weighted by molar-refractivity contribution is 5.73. The van der Waals surface area contributed by atoms with Crippen LogP contribution in [0.1, 0.15) is 13.3 Å². The number of rotatable bonds is 3. The molecule has 0 spiro atoms. The van der Waals surface area contributed by atoms with E-state index in [1.807, 2.05) is 4.90 Å². The third-order valence-corrected chi connectivity index (χ3v) is 4.24. The number of amides is 1. The van der Waals surface area contributed by atoms with Crippen molar-refractivity contribution in [1.29, 1.82) is 0 Å². The number of carbonyl (C=O) groups excluding carboxylic acids is 1. The van der Waals surface area contributed by atoms with Crippen LogP contribution < -0.4 is 5.32 Å². The second kappa shape index (κ2) is 6.50. The molecule has 2 fully saturated rings. The molecule has 2 saturated heterocycles. The molecule has 1 amide bonds. The zero-order valence-corrected chi connectivity index (χ0v) is 11.7. The fraction of sp³-hybridized carbons (Fsp3) is 0.923. The Hall–Kier alpha value is -0.650. The molecule has 2 aliphatic rings. The van der Waals surface area contributed by atoms with Crippen molar-refractivity contribution >= 4 is 5.91 Å². The molecule has 2 rings (SSSR count). The summed E-state index contributed by atoms with van der Waals surface area (Å²) in [5.41, 5.74) is 0. The second-order valence-corrected chi connectivity index (χ2v) is 5.47. The molecule has 1 unspecified atom stereocenters. The van der Waals surface area contributed by atoms with E-state index in [1.165, 1.54) is 6.42 Å². The van der Waals surface area contributed by atoms with E-state index in [-0.39, 0.29) is 5.91 Å². The summed E-state index contributed by atoms with van der Waals surface area (Å²) in [4.78, 5) is 18.1. The SMILES string of the molecule is CC(=O)N1CCN(CCC2CNCCN2C)CC1. The van der Waals surface area contributed by atoms with Gasteiger partial charge in [0.25, 0.3) is 0 Å². The Balaban J connectivity index is 1.67. The molecule has 0 radical (unpaired) electrons. The van der Waals surface area contributed by atoms with Gasteiger partial charge in [-0.1, -0.05) is 0 Å². The Morgan fingerprint density at radius 2 is 1.94 bits per heavy atom. The molecule has 2 aliphatic heterocycles. The number of hydrogen-bond acceptors (Lipinski definition) is 4. The number of nitrogens with one attached hydrogen (secondary N) is 1. The monoisotopic (exact) mass is 254 g/mol. The van der Waals surface area contributed by atoms with Crippen LogP contribution in [0.2, 0.25) is 0 Å². The van der Waals surface area contributed by atoms with Crippen LogP contribution in [0.25, 0.3) is 0 Å². The summed E-state index contributed by atoms with van der Waals surface area (Å²) >= 11 is 0. The van der Waals surface area contributed by atoms with Gasteiger partial charge < -0.3 is 15.1 Å². The fourth-order valence-electron chi connectivity index (χ4n) is 2.80. The Bertz CT molecular complexity index is 276. The minimum Gasteiger partial charge on any atom is -0.340 e. The van der Waals surface area contributed by atoms with Crippen molar-refractivity contribution in [2.45, 2.75) is 19.4 Å². The highest BCUT2D eigenvalue weighted by Crippen LogP contribution is 2.08. The normalized spacial score (nSPS) is 27.4. The van der Waals surface area contributed by atoms with Crippen molar-refractivity contribution < 1.29 is 4.79 Å². The summed E-state index contributed by atoms with van der Waals surface area (Å²) < 4.78 is 0. The largest absolute Gasteiger partial charge is 0.340 e. The van der Waals surface area contributed by atoms with E-state index in [0.717, 1.165) is 52.4 Å². The van der Waals surface area contributed by atoms with Crippen LogP contribution in [0.5, 0.6) is 0 Å². The van der Waals surface area contributed by atoms with E-state index in [0.29, 0.717) is 6.04 Å². The maximum atomic E-state index is 11.2. The van der Waals surface area contributed by atoms with Crippen LogP contribution in [0.4, 0.5) is 0 Å². The molecule has 104 valence electrons. The van der Waals surface area contributed by atoms with Gasteiger partial charge in [-0.05, 0) is 20.0 Å². The summed E-state index contributed by atoms with van der Waals surface area (Å²) in [5.74, 6) is 0.214. The van der Waals surface area contributed by atoms with Crippen molar-refractivity contribution in [1.82, 2.24) is 20.0 Å². The lowest BCUT2D eigenvalue weighted by Crippen LogP contribution is -2.52. The van der Waals surface area contributed by atoms with E-state index < -0.39 is 0 Å². The quantitative estimate of drug-likeness (QED) is 0.733. The van der Waals surface area contributed by atoms with Crippen molar-refractivity contribution in [2.75, 3.05) is 59.4 Å². The summed E-state index contributed by atoms with van der Waals surface area (Å²) in [6, 6.07) is 0.671. The third-order valence-electron chi connectivity index (χ3n) is 4.24. The molecule has 0 saturated carbocycles. The van der Waals surface area contributed by atoms with E-state index in [4.69, 9.17) is 0 Å². The smallest absolute Gasteiger partial charge is 0.219 e. The third kappa shape index (κ3) is 3.67. The Kier molecular flexibility index (Phi) is 4.97. The highest BCUT2D eigenvalue weighted by Gasteiger charge is 2.22. The highest BCUT2D eigenvalue weighted by atomic mass is 16.2. The first-order valence-electron chi connectivity index (χ1n) is 7.05. The first-order valence-corrected chi connectivity index (χ1v) is 7.05. The van der Waals surface area contributed by atoms with Gasteiger partial charge in [0.05, 0.1) is 0 Å². The van der Waals surface area contributed by atoms with Crippen LogP contribution >= 0.6 is 0 Å². The molecule has 0 aromatic rings. The lowest BCUT2D eigenvalue weighted by Gasteiger charge is -2.37. The van der Waals surface area contributed by atoms with Gasteiger partial charge in [-0.25, -0.2) is 0 Å². The molecule has 0 aromatic heterocycles. The number of likely N-dealkylation sites (N-methyl/N-ethyl adjacent to an activating group) is 1. The maximum Gasteiger partial charge on any atom is 0.219 e. The molecular formula is C13H26N4O. The second-order valence-electron chi connectivity index (χ2n) is 5.47. The van der Waals surface area contributed by atoms with Gasteiger partial charge >= 0.3 is 0 Å². The first kappa shape index (κ1) is 13.8. The Morgan fingerprint density at radius 1 is 1.22 bits per heavy atom. The summed E-state index contributed by atoms with van der Waals surface area (Å²) in [7, 11) is 2.22. The zero-order chi connectivity index (χ0) is 13.0. The average molecular weight is 254 g/mol. The summed E-state index contributed by atoms with van der Waals surface area (Å²) in [6.07, 6.45) is 1.23. The lowest BCUT2D eigenvalue weighted by atomic mass is 10.1. The van der Waals surface area contributed by atoms with Gasteiger partial charge in [-0.2, -0.15) is 0 Å². The van der Waals surface area contributed by atoms with E-state index in [1.54, 1.807) is 6.92 Å². The van der Waals surface area contributed by atoms with Crippen molar-refractivity contribution in [3.63, 3.8) is 0 Å². The van der Waals surface area contributed by atoms with Gasteiger partial charge in [0.1, 0.15) is 0 Å². The first-order chi connectivity index (χ1) is 8.66. The fourth-order valence-corrected chi connectivity index (χ4v) is 2.80. The average Bonchev–Trinajstić information content (AvgIpc) is 2.38. The van der Waals surface area contributed by atoms with Gasteiger partial charge in [0.2, 0.25) is 5.91 Å². The molecule has 2 heterocycles. The Labute approximate surface area is 110 Å².